The van der Waals surface area contributed by atoms with Crippen LogP contribution in [0.4, 0.5) is 4.39 Å². The molecule has 2 aliphatic heterocycles. The highest BCUT2D eigenvalue weighted by Crippen LogP contribution is 2.46. The van der Waals surface area contributed by atoms with Gasteiger partial charge in [0, 0.05) is 42.5 Å². The maximum absolute atomic E-state index is 13.6. The molecule has 2 fully saturated rings. The zero-order valence-corrected chi connectivity index (χ0v) is 15.4. The lowest BCUT2D eigenvalue weighted by Gasteiger charge is -2.44. The summed E-state index contributed by atoms with van der Waals surface area (Å²) in [6.45, 7) is 4.99. The van der Waals surface area contributed by atoms with Crippen LogP contribution in [0.15, 0.2) is 36.7 Å². The normalized spacial score (nSPS) is 28.7. The van der Waals surface area contributed by atoms with E-state index >= 15 is 0 Å². The maximum Gasteiger partial charge on any atom is 0.130 e. The number of hydrogen-bond acceptors (Lipinski definition) is 4. The second kappa shape index (κ2) is 6.71. The molecule has 2 atom stereocenters. The van der Waals surface area contributed by atoms with E-state index in [2.05, 4.69) is 28.7 Å². The van der Waals surface area contributed by atoms with Crippen molar-refractivity contribution in [2.75, 3.05) is 0 Å². The average molecular weight is 355 g/mol. The Kier molecular flexibility index (Phi) is 4.53. The van der Waals surface area contributed by atoms with E-state index < -0.39 is 5.60 Å². The molecule has 0 radical (unpaired) electrons. The topological polar surface area (TPSA) is 49.2 Å². The number of aromatic nitrogens is 2. The number of fused-ring (bicyclic) bond motifs is 2. The van der Waals surface area contributed by atoms with Crippen LogP contribution in [0.25, 0.3) is 0 Å². The van der Waals surface area contributed by atoms with Crippen LogP contribution in [-0.4, -0.2) is 32.1 Å². The number of hydrogen-bond donors (Lipinski definition) is 1. The quantitative estimate of drug-likeness (QED) is 0.907. The zero-order chi connectivity index (χ0) is 18.3. The lowest BCUT2D eigenvalue weighted by Crippen LogP contribution is -2.49. The molecule has 26 heavy (non-hydrogen) atoms. The molecule has 2 bridgehead atoms. The van der Waals surface area contributed by atoms with Crippen LogP contribution in [0.3, 0.4) is 0 Å². The van der Waals surface area contributed by atoms with E-state index in [4.69, 9.17) is 0 Å². The molecule has 1 aromatic carbocycles. The van der Waals surface area contributed by atoms with Crippen LogP contribution in [0.2, 0.25) is 0 Å². The summed E-state index contributed by atoms with van der Waals surface area (Å²) in [5, 5.41) is 11.2. The molecule has 1 aromatic heterocycles. The minimum atomic E-state index is -0.928. The number of halogens is 1. The molecular formula is C21H26FN3O. The summed E-state index contributed by atoms with van der Waals surface area (Å²) in [5.41, 5.74) is 0.892. The number of piperidine rings is 1. The molecule has 4 rings (SSSR count). The fraction of sp³-hybridized carbons (Fsp3) is 0.524. The van der Waals surface area contributed by atoms with E-state index in [9.17, 15) is 9.50 Å². The summed E-state index contributed by atoms with van der Waals surface area (Å²) in [5.74, 6) is 0.917. The predicted octanol–water partition coefficient (Wildman–Crippen LogP) is 3.75. The van der Waals surface area contributed by atoms with Gasteiger partial charge in [-0.15, -0.1) is 0 Å². The van der Waals surface area contributed by atoms with Gasteiger partial charge in [-0.3, -0.25) is 4.90 Å². The molecule has 2 aliphatic rings. The Morgan fingerprint density at radius 2 is 1.85 bits per heavy atom. The maximum atomic E-state index is 13.6. The van der Waals surface area contributed by atoms with Crippen LogP contribution < -0.4 is 0 Å². The molecule has 0 saturated carbocycles. The largest absolute Gasteiger partial charge is 0.385 e. The van der Waals surface area contributed by atoms with Gasteiger partial charge in [0.05, 0.1) is 5.60 Å². The van der Waals surface area contributed by atoms with Gasteiger partial charge in [-0.1, -0.05) is 26.0 Å². The van der Waals surface area contributed by atoms with Gasteiger partial charge in [0.2, 0.25) is 0 Å². The average Bonchev–Trinajstić information content (AvgIpc) is 2.86. The Balaban J connectivity index is 1.50. The lowest BCUT2D eigenvalue weighted by atomic mass is 9.80. The van der Waals surface area contributed by atoms with Crippen molar-refractivity contribution in [2.24, 2.45) is 0 Å². The third-order valence-electron chi connectivity index (χ3n) is 5.89. The Morgan fingerprint density at radius 3 is 2.42 bits per heavy atom. The Bertz CT molecular complexity index is 763. The van der Waals surface area contributed by atoms with Gasteiger partial charge in [0.1, 0.15) is 11.6 Å². The smallest absolute Gasteiger partial charge is 0.130 e. The monoisotopic (exact) mass is 355 g/mol. The van der Waals surface area contributed by atoms with E-state index in [1.54, 1.807) is 6.07 Å². The van der Waals surface area contributed by atoms with Gasteiger partial charge in [0.25, 0.3) is 0 Å². The Labute approximate surface area is 154 Å². The lowest BCUT2D eigenvalue weighted by molar-refractivity contribution is -0.0597. The standard InChI is InChI=1S/C21H26FN3O/c1-14(2)20-23-11-15(12-24-20)13-25-18-6-7-19(25)10-21(26,9-18)16-4-3-5-17(22)8-16/h3-5,8,11-12,14,18-19,26H,6-7,9-10,13H2,1-2H3/t18-,19-/m0/s1. The number of benzene rings is 1. The molecule has 2 aromatic rings. The highest BCUT2D eigenvalue weighted by molar-refractivity contribution is 5.26. The van der Waals surface area contributed by atoms with Crippen molar-refractivity contribution in [2.45, 2.75) is 69.7 Å². The summed E-state index contributed by atoms with van der Waals surface area (Å²) >= 11 is 0. The van der Waals surface area contributed by atoms with E-state index in [1.165, 1.54) is 12.1 Å². The Hall–Kier alpha value is -1.85. The molecule has 3 heterocycles. The highest BCUT2D eigenvalue weighted by atomic mass is 19.1. The zero-order valence-electron chi connectivity index (χ0n) is 15.4. The molecule has 0 aliphatic carbocycles. The molecule has 1 N–H and O–H groups in total. The molecule has 0 unspecified atom stereocenters. The van der Waals surface area contributed by atoms with Crippen molar-refractivity contribution >= 4 is 0 Å². The van der Waals surface area contributed by atoms with Gasteiger partial charge < -0.3 is 5.11 Å². The summed E-state index contributed by atoms with van der Waals surface area (Å²) in [7, 11) is 0. The molecule has 2 saturated heterocycles. The van der Waals surface area contributed by atoms with Crippen molar-refractivity contribution in [1.29, 1.82) is 0 Å². The van der Waals surface area contributed by atoms with Gasteiger partial charge in [-0.05, 0) is 43.4 Å². The van der Waals surface area contributed by atoms with E-state index in [0.29, 0.717) is 36.4 Å². The van der Waals surface area contributed by atoms with Crippen LogP contribution >= 0.6 is 0 Å². The van der Waals surface area contributed by atoms with E-state index in [1.807, 2.05) is 18.5 Å². The summed E-state index contributed by atoms with van der Waals surface area (Å²) in [6.07, 6.45) is 7.31. The highest BCUT2D eigenvalue weighted by Gasteiger charge is 2.48. The van der Waals surface area contributed by atoms with Crippen molar-refractivity contribution in [3.05, 3.63) is 59.4 Å². The molecule has 5 heteroatoms. The molecule has 0 amide bonds. The second-order valence-electron chi connectivity index (χ2n) is 8.11. The SMILES string of the molecule is CC(C)c1ncc(CN2[C@H]3CC[C@H]2CC(O)(c2cccc(F)c2)C3)cn1. The van der Waals surface area contributed by atoms with E-state index in [0.717, 1.165) is 30.8 Å². The van der Waals surface area contributed by atoms with Crippen LogP contribution in [0.5, 0.6) is 0 Å². The van der Waals surface area contributed by atoms with Gasteiger partial charge >= 0.3 is 0 Å². The third kappa shape index (κ3) is 3.26. The Morgan fingerprint density at radius 1 is 1.19 bits per heavy atom. The summed E-state index contributed by atoms with van der Waals surface area (Å²) in [6, 6.07) is 7.06. The van der Waals surface area contributed by atoms with Gasteiger partial charge in [-0.2, -0.15) is 0 Å². The van der Waals surface area contributed by atoms with Gasteiger partial charge in [0.15, 0.2) is 0 Å². The first-order chi connectivity index (χ1) is 12.4. The summed E-state index contributed by atoms with van der Waals surface area (Å²) in [4.78, 5) is 11.4. The van der Waals surface area contributed by atoms with Crippen LogP contribution in [-0.2, 0) is 12.1 Å². The predicted molar refractivity (Wildman–Crippen MR) is 98.0 cm³/mol. The third-order valence-corrected chi connectivity index (χ3v) is 5.89. The van der Waals surface area contributed by atoms with E-state index in [-0.39, 0.29) is 5.82 Å². The number of nitrogens with zero attached hydrogens (tertiary/aromatic N) is 3. The van der Waals surface area contributed by atoms with Crippen molar-refractivity contribution < 1.29 is 9.50 Å². The van der Waals surface area contributed by atoms with Crippen LogP contribution in [0.1, 0.15) is 62.4 Å². The fourth-order valence-corrected chi connectivity index (χ4v) is 4.54. The van der Waals surface area contributed by atoms with Crippen molar-refractivity contribution in [3.8, 4) is 0 Å². The molecule has 138 valence electrons. The van der Waals surface area contributed by atoms with Crippen LogP contribution in [0, 0.1) is 5.82 Å². The fourth-order valence-electron chi connectivity index (χ4n) is 4.54. The molecule has 0 spiro atoms. The first-order valence-corrected chi connectivity index (χ1v) is 9.49. The number of rotatable bonds is 4. The first-order valence-electron chi connectivity index (χ1n) is 9.49. The number of aliphatic hydroxyl groups is 1. The second-order valence-corrected chi connectivity index (χ2v) is 8.11. The first kappa shape index (κ1) is 17.6. The van der Waals surface area contributed by atoms with Crippen molar-refractivity contribution in [1.82, 2.24) is 14.9 Å². The minimum Gasteiger partial charge on any atom is -0.385 e. The molecular weight excluding hydrogens is 329 g/mol. The summed E-state index contributed by atoms with van der Waals surface area (Å²) < 4.78 is 13.6. The molecule has 4 nitrogen and oxygen atoms in total. The minimum absolute atomic E-state index is 0.284. The van der Waals surface area contributed by atoms with Crippen molar-refractivity contribution in [3.63, 3.8) is 0 Å². The van der Waals surface area contributed by atoms with Gasteiger partial charge in [-0.25, -0.2) is 14.4 Å².